The van der Waals surface area contributed by atoms with Crippen molar-refractivity contribution in [3.05, 3.63) is 52.6 Å². The molecule has 0 bridgehead atoms. The van der Waals surface area contributed by atoms with Gasteiger partial charge in [0.2, 0.25) is 5.88 Å². The first-order valence-electron chi connectivity index (χ1n) is 4.77. The summed E-state index contributed by atoms with van der Waals surface area (Å²) >= 11 is 3.34. The molecule has 0 aliphatic carbocycles. The Labute approximate surface area is 102 Å². The van der Waals surface area contributed by atoms with Crippen LogP contribution in [0.3, 0.4) is 0 Å². The molecule has 0 saturated carbocycles. The van der Waals surface area contributed by atoms with Gasteiger partial charge in [0.1, 0.15) is 5.75 Å². The van der Waals surface area contributed by atoms with E-state index in [1.165, 1.54) is 0 Å². The van der Waals surface area contributed by atoms with Gasteiger partial charge in [-0.1, -0.05) is 28.1 Å². The number of hydrogen-bond acceptors (Lipinski definition) is 3. The lowest BCUT2D eigenvalue weighted by Crippen LogP contribution is -1.89. The third kappa shape index (κ3) is 2.81. The third-order valence-electron chi connectivity index (χ3n) is 2.00. The van der Waals surface area contributed by atoms with Crippen LogP contribution in [0, 0.1) is 0 Å². The summed E-state index contributed by atoms with van der Waals surface area (Å²) in [5.74, 6) is 1.18. The van der Waals surface area contributed by atoms with E-state index < -0.39 is 0 Å². The van der Waals surface area contributed by atoms with E-state index in [4.69, 9.17) is 9.84 Å². The van der Waals surface area contributed by atoms with Crippen molar-refractivity contribution < 1.29 is 9.84 Å². The molecule has 1 aromatic heterocycles. The van der Waals surface area contributed by atoms with E-state index in [0.29, 0.717) is 11.6 Å². The molecule has 0 spiro atoms. The molecule has 0 saturated heterocycles. The summed E-state index contributed by atoms with van der Waals surface area (Å²) in [7, 11) is 0. The number of aliphatic hydroxyl groups is 1. The Bertz CT molecular complexity index is 488. The maximum Gasteiger partial charge on any atom is 0.220 e. The van der Waals surface area contributed by atoms with Gasteiger partial charge in [-0.3, -0.25) is 0 Å². The molecule has 1 heterocycles. The molecule has 0 amide bonds. The molecule has 0 fully saturated rings. The molecule has 4 heteroatoms. The lowest BCUT2D eigenvalue weighted by Gasteiger charge is -2.05. The van der Waals surface area contributed by atoms with Gasteiger partial charge < -0.3 is 9.84 Å². The Morgan fingerprint density at radius 1 is 1.25 bits per heavy atom. The fraction of sp³-hybridized carbons (Fsp3) is 0.0833. The largest absolute Gasteiger partial charge is 0.439 e. The highest BCUT2D eigenvalue weighted by atomic mass is 79.9. The molecule has 0 aliphatic rings. The minimum Gasteiger partial charge on any atom is -0.439 e. The molecule has 3 nitrogen and oxygen atoms in total. The summed E-state index contributed by atoms with van der Waals surface area (Å²) < 4.78 is 6.46. The molecule has 0 radical (unpaired) electrons. The summed E-state index contributed by atoms with van der Waals surface area (Å²) in [5.41, 5.74) is 0.812. The van der Waals surface area contributed by atoms with E-state index in [-0.39, 0.29) is 6.61 Å². The van der Waals surface area contributed by atoms with Gasteiger partial charge in [0.25, 0.3) is 0 Å². The Kier molecular flexibility index (Phi) is 3.54. The zero-order chi connectivity index (χ0) is 11.4. The molecule has 2 aromatic rings. The number of rotatable bonds is 3. The van der Waals surface area contributed by atoms with Gasteiger partial charge in [-0.2, -0.15) is 0 Å². The lowest BCUT2D eigenvalue weighted by atomic mass is 10.2. The van der Waals surface area contributed by atoms with Crippen LogP contribution in [0.15, 0.2) is 47.1 Å². The maximum atomic E-state index is 8.99. The maximum absolute atomic E-state index is 8.99. The fourth-order valence-corrected chi connectivity index (χ4v) is 1.58. The van der Waals surface area contributed by atoms with E-state index in [1.807, 2.05) is 24.3 Å². The summed E-state index contributed by atoms with van der Waals surface area (Å²) in [5, 5.41) is 8.99. The molecular formula is C12H10BrNO2. The van der Waals surface area contributed by atoms with Gasteiger partial charge in [-0.05, 0) is 23.8 Å². The first kappa shape index (κ1) is 11.1. The summed E-state index contributed by atoms with van der Waals surface area (Å²) in [6, 6.07) is 10.9. The number of benzene rings is 1. The molecule has 1 N–H and O–H groups in total. The molecular weight excluding hydrogens is 270 g/mol. The van der Waals surface area contributed by atoms with Crippen molar-refractivity contribution in [2.24, 2.45) is 0 Å². The Balaban J connectivity index is 2.20. The Morgan fingerprint density at radius 3 is 2.88 bits per heavy atom. The van der Waals surface area contributed by atoms with Crippen molar-refractivity contribution in [1.82, 2.24) is 4.98 Å². The van der Waals surface area contributed by atoms with E-state index in [1.54, 1.807) is 18.3 Å². The first-order valence-corrected chi connectivity index (χ1v) is 5.56. The average Bonchev–Trinajstić information content (AvgIpc) is 2.29. The highest BCUT2D eigenvalue weighted by Crippen LogP contribution is 2.22. The van der Waals surface area contributed by atoms with Gasteiger partial charge in [0.15, 0.2) is 0 Å². The number of nitrogens with zero attached hydrogens (tertiary/aromatic N) is 1. The van der Waals surface area contributed by atoms with Crippen molar-refractivity contribution in [3.8, 4) is 11.6 Å². The van der Waals surface area contributed by atoms with Crippen LogP contribution < -0.4 is 4.74 Å². The summed E-state index contributed by atoms with van der Waals surface area (Å²) in [6.45, 7) is 0.00309. The highest BCUT2D eigenvalue weighted by Gasteiger charge is 2.00. The predicted molar refractivity (Wildman–Crippen MR) is 64.4 cm³/mol. The second-order valence-corrected chi connectivity index (χ2v) is 4.14. The summed E-state index contributed by atoms with van der Waals surface area (Å²) in [4.78, 5) is 4.08. The van der Waals surface area contributed by atoms with Crippen LogP contribution in [-0.4, -0.2) is 10.1 Å². The number of ether oxygens (including phenoxy) is 1. The second-order valence-electron chi connectivity index (χ2n) is 3.22. The normalized spacial score (nSPS) is 10.1. The standard InChI is InChI=1S/C12H10BrNO2/c13-10-4-5-14-12(7-10)16-11-3-1-2-9(6-11)8-15/h1-7,15H,8H2. The van der Waals surface area contributed by atoms with E-state index in [2.05, 4.69) is 20.9 Å². The second kappa shape index (κ2) is 5.09. The van der Waals surface area contributed by atoms with Crippen LogP contribution >= 0.6 is 15.9 Å². The van der Waals surface area contributed by atoms with Crippen molar-refractivity contribution >= 4 is 15.9 Å². The van der Waals surface area contributed by atoms with Gasteiger partial charge in [-0.25, -0.2) is 4.98 Å². The third-order valence-corrected chi connectivity index (χ3v) is 2.49. The van der Waals surface area contributed by atoms with Crippen LogP contribution in [0.2, 0.25) is 0 Å². The zero-order valence-electron chi connectivity index (χ0n) is 8.43. The van der Waals surface area contributed by atoms with Crippen molar-refractivity contribution in [3.63, 3.8) is 0 Å². The number of pyridine rings is 1. The quantitative estimate of drug-likeness (QED) is 0.939. The molecule has 0 unspecified atom stereocenters. The van der Waals surface area contributed by atoms with Gasteiger partial charge in [0, 0.05) is 16.7 Å². The van der Waals surface area contributed by atoms with Crippen LogP contribution in [0.25, 0.3) is 0 Å². The summed E-state index contributed by atoms with van der Waals surface area (Å²) in [6.07, 6.45) is 1.66. The number of halogens is 1. The highest BCUT2D eigenvalue weighted by molar-refractivity contribution is 9.10. The molecule has 16 heavy (non-hydrogen) atoms. The van der Waals surface area contributed by atoms with Crippen LogP contribution in [0.1, 0.15) is 5.56 Å². The van der Waals surface area contributed by atoms with Gasteiger partial charge >= 0.3 is 0 Å². The minimum atomic E-state index is 0.00309. The Morgan fingerprint density at radius 2 is 2.12 bits per heavy atom. The van der Waals surface area contributed by atoms with Crippen LogP contribution in [-0.2, 0) is 6.61 Å². The van der Waals surface area contributed by atoms with Crippen molar-refractivity contribution in [2.45, 2.75) is 6.61 Å². The smallest absolute Gasteiger partial charge is 0.220 e. The molecule has 0 atom stereocenters. The molecule has 0 aliphatic heterocycles. The van der Waals surface area contributed by atoms with Gasteiger partial charge in [-0.15, -0.1) is 0 Å². The van der Waals surface area contributed by atoms with E-state index in [0.717, 1.165) is 10.0 Å². The van der Waals surface area contributed by atoms with Gasteiger partial charge in [0.05, 0.1) is 6.61 Å². The number of aromatic nitrogens is 1. The van der Waals surface area contributed by atoms with Crippen molar-refractivity contribution in [2.75, 3.05) is 0 Å². The predicted octanol–water partition coefficient (Wildman–Crippen LogP) is 3.13. The average molecular weight is 280 g/mol. The van der Waals surface area contributed by atoms with Crippen LogP contribution in [0.5, 0.6) is 11.6 Å². The van der Waals surface area contributed by atoms with E-state index >= 15 is 0 Å². The molecule has 1 aromatic carbocycles. The molecule has 2 rings (SSSR count). The number of aliphatic hydroxyl groups excluding tert-OH is 1. The molecule has 82 valence electrons. The van der Waals surface area contributed by atoms with E-state index in [9.17, 15) is 0 Å². The fourth-order valence-electron chi connectivity index (χ4n) is 1.27. The Hall–Kier alpha value is -1.39. The minimum absolute atomic E-state index is 0.00309. The van der Waals surface area contributed by atoms with Crippen molar-refractivity contribution in [1.29, 1.82) is 0 Å². The first-order chi connectivity index (χ1) is 7.78. The lowest BCUT2D eigenvalue weighted by molar-refractivity contribution is 0.281. The number of hydrogen-bond donors (Lipinski definition) is 1. The van der Waals surface area contributed by atoms with Crippen LogP contribution in [0.4, 0.5) is 0 Å². The zero-order valence-corrected chi connectivity index (χ0v) is 10.0. The topological polar surface area (TPSA) is 42.4 Å². The SMILES string of the molecule is OCc1cccc(Oc2cc(Br)ccn2)c1. The monoisotopic (exact) mass is 279 g/mol.